The first-order valence-electron chi connectivity index (χ1n) is 10.3. The Morgan fingerprint density at radius 2 is 1.58 bits per heavy atom. The molecule has 0 bridgehead atoms. The number of carbonyl (C=O) groups is 1. The third kappa shape index (κ3) is 5.54. The van der Waals surface area contributed by atoms with Crippen LogP contribution in [0.25, 0.3) is 0 Å². The molecule has 0 radical (unpaired) electrons. The van der Waals surface area contributed by atoms with Gasteiger partial charge >= 0.3 is 0 Å². The number of nitrogens with two attached hydrogens (primary N) is 1. The normalized spacial score (nSPS) is 11.2. The van der Waals surface area contributed by atoms with E-state index in [-0.39, 0.29) is 11.7 Å². The van der Waals surface area contributed by atoms with Gasteiger partial charge in [-0.3, -0.25) is 10.2 Å². The summed E-state index contributed by atoms with van der Waals surface area (Å²) in [6.45, 7) is 0.372. The number of rotatable bonds is 10. The van der Waals surface area contributed by atoms with Crippen molar-refractivity contribution >= 4 is 17.4 Å². The van der Waals surface area contributed by atoms with E-state index in [2.05, 4.69) is 10.6 Å². The van der Waals surface area contributed by atoms with Gasteiger partial charge in [-0.1, -0.05) is 30.3 Å². The van der Waals surface area contributed by atoms with Gasteiger partial charge in [-0.2, -0.15) is 0 Å². The molecule has 1 amide bonds. The number of carbonyl (C=O) groups excluding carboxylic acids is 1. The van der Waals surface area contributed by atoms with Gasteiger partial charge in [0.15, 0.2) is 11.5 Å². The molecule has 0 spiro atoms. The zero-order chi connectivity index (χ0) is 23.8. The molecule has 3 aromatic rings. The Morgan fingerprint density at radius 3 is 2.15 bits per heavy atom. The van der Waals surface area contributed by atoms with Gasteiger partial charge in [0.1, 0.15) is 11.9 Å². The smallest absolute Gasteiger partial charge is 0.247 e. The molecule has 33 heavy (non-hydrogen) atoms. The van der Waals surface area contributed by atoms with Gasteiger partial charge in [-0.25, -0.2) is 0 Å². The first kappa shape index (κ1) is 23.5. The van der Waals surface area contributed by atoms with E-state index in [1.54, 1.807) is 36.4 Å². The third-order valence-corrected chi connectivity index (χ3v) is 5.12. The Hall–Kier alpha value is -4.20. The van der Waals surface area contributed by atoms with Crippen molar-refractivity contribution in [2.75, 3.05) is 26.6 Å². The second kappa shape index (κ2) is 10.9. The van der Waals surface area contributed by atoms with Crippen LogP contribution in [0.1, 0.15) is 22.7 Å². The number of benzene rings is 3. The largest absolute Gasteiger partial charge is 0.493 e. The standard InChI is InChI=1S/C25H28N4O4/c1-31-20-14-13-19(22(32-2)23(20)33-3)21(25(30)28-15-16-7-5-4-6-8-16)29-18-11-9-17(10-12-18)24(26)27/h4-14,21,29H,15H2,1-3H3,(H3,26,27)(H,28,30)/t21-/m0/s1. The number of hydrogen-bond acceptors (Lipinski definition) is 6. The molecule has 0 heterocycles. The number of nitrogen functional groups attached to an aromatic ring is 1. The van der Waals surface area contributed by atoms with E-state index in [4.69, 9.17) is 25.4 Å². The number of anilines is 1. The average molecular weight is 449 g/mol. The number of methoxy groups -OCH3 is 3. The van der Waals surface area contributed by atoms with Crippen LogP contribution in [0.4, 0.5) is 5.69 Å². The predicted octanol–water partition coefficient (Wildman–Crippen LogP) is 3.47. The maximum atomic E-state index is 13.4. The molecule has 3 rings (SSSR count). The van der Waals surface area contributed by atoms with Gasteiger partial charge in [-0.15, -0.1) is 0 Å². The lowest BCUT2D eigenvalue weighted by Gasteiger charge is -2.24. The summed E-state index contributed by atoms with van der Waals surface area (Å²) in [7, 11) is 4.57. The first-order chi connectivity index (χ1) is 16.0. The van der Waals surface area contributed by atoms with Gasteiger partial charge in [0.25, 0.3) is 0 Å². The van der Waals surface area contributed by atoms with E-state index in [1.165, 1.54) is 21.3 Å². The minimum Gasteiger partial charge on any atom is -0.493 e. The van der Waals surface area contributed by atoms with E-state index >= 15 is 0 Å². The summed E-state index contributed by atoms with van der Waals surface area (Å²) in [5.41, 5.74) is 8.38. The van der Waals surface area contributed by atoms with E-state index < -0.39 is 6.04 Å². The topological polar surface area (TPSA) is 119 Å². The van der Waals surface area contributed by atoms with Crippen molar-refractivity contribution in [3.8, 4) is 17.2 Å². The van der Waals surface area contributed by atoms with Crippen molar-refractivity contribution < 1.29 is 19.0 Å². The van der Waals surface area contributed by atoms with Crippen LogP contribution in [0.3, 0.4) is 0 Å². The summed E-state index contributed by atoms with van der Waals surface area (Å²) in [6.07, 6.45) is 0. The van der Waals surface area contributed by atoms with Crippen LogP contribution in [-0.2, 0) is 11.3 Å². The highest BCUT2D eigenvalue weighted by molar-refractivity contribution is 5.95. The number of nitrogens with one attached hydrogen (secondary N) is 3. The molecule has 0 aliphatic rings. The summed E-state index contributed by atoms with van der Waals surface area (Å²) in [5.74, 6) is 1.00. The molecule has 0 unspecified atom stereocenters. The van der Waals surface area contributed by atoms with Crippen LogP contribution in [0, 0.1) is 5.41 Å². The third-order valence-electron chi connectivity index (χ3n) is 5.12. The zero-order valence-corrected chi connectivity index (χ0v) is 18.8. The molecule has 8 heteroatoms. The Labute approximate surface area is 193 Å². The molecular formula is C25H28N4O4. The Kier molecular flexibility index (Phi) is 7.75. The highest BCUT2D eigenvalue weighted by Gasteiger charge is 2.27. The predicted molar refractivity (Wildman–Crippen MR) is 128 cm³/mol. The molecular weight excluding hydrogens is 420 g/mol. The fourth-order valence-electron chi connectivity index (χ4n) is 3.44. The van der Waals surface area contributed by atoms with E-state index in [0.29, 0.717) is 40.6 Å². The van der Waals surface area contributed by atoms with Gasteiger partial charge in [0.05, 0.1) is 21.3 Å². The van der Waals surface area contributed by atoms with Crippen molar-refractivity contribution in [3.63, 3.8) is 0 Å². The van der Waals surface area contributed by atoms with Gasteiger partial charge in [0.2, 0.25) is 11.7 Å². The van der Waals surface area contributed by atoms with Crippen LogP contribution in [-0.4, -0.2) is 33.1 Å². The second-order valence-electron chi connectivity index (χ2n) is 7.20. The molecule has 172 valence electrons. The fourth-order valence-corrected chi connectivity index (χ4v) is 3.44. The van der Waals surface area contributed by atoms with Crippen molar-refractivity contribution in [2.24, 2.45) is 5.73 Å². The monoisotopic (exact) mass is 448 g/mol. The van der Waals surface area contributed by atoms with E-state index in [1.807, 2.05) is 30.3 Å². The molecule has 0 aliphatic carbocycles. The lowest BCUT2D eigenvalue weighted by molar-refractivity contribution is -0.122. The van der Waals surface area contributed by atoms with Gasteiger partial charge in [0, 0.05) is 23.4 Å². The van der Waals surface area contributed by atoms with E-state index in [9.17, 15) is 4.79 Å². The lowest BCUT2D eigenvalue weighted by atomic mass is 10.0. The van der Waals surface area contributed by atoms with E-state index in [0.717, 1.165) is 5.56 Å². The minimum atomic E-state index is -0.799. The van der Waals surface area contributed by atoms with Crippen molar-refractivity contribution in [1.29, 1.82) is 5.41 Å². The Balaban J connectivity index is 1.97. The molecule has 0 saturated carbocycles. The molecule has 0 aliphatic heterocycles. The maximum absolute atomic E-state index is 13.4. The SMILES string of the molecule is COc1ccc([C@H](Nc2ccc(C(=N)N)cc2)C(=O)NCc2ccccc2)c(OC)c1OC. The second-order valence-corrected chi connectivity index (χ2v) is 7.20. The highest BCUT2D eigenvalue weighted by Crippen LogP contribution is 2.42. The minimum absolute atomic E-state index is 0.0275. The number of hydrogen-bond donors (Lipinski definition) is 4. The van der Waals surface area contributed by atoms with Crippen molar-refractivity contribution in [3.05, 3.63) is 83.4 Å². The lowest BCUT2D eigenvalue weighted by Crippen LogP contribution is -2.33. The first-order valence-corrected chi connectivity index (χ1v) is 10.3. The Morgan fingerprint density at radius 1 is 0.909 bits per heavy atom. The average Bonchev–Trinajstić information content (AvgIpc) is 2.85. The number of ether oxygens (including phenoxy) is 3. The maximum Gasteiger partial charge on any atom is 0.247 e. The fraction of sp³-hybridized carbons (Fsp3) is 0.200. The van der Waals surface area contributed by atoms with Crippen LogP contribution >= 0.6 is 0 Å². The highest BCUT2D eigenvalue weighted by atomic mass is 16.5. The molecule has 5 N–H and O–H groups in total. The van der Waals surface area contributed by atoms with Crippen LogP contribution < -0.4 is 30.6 Å². The molecule has 1 atom stereocenters. The quantitative estimate of drug-likeness (QED) is 0.279. The number of amides is 1. The molecule has 0 fully saturated rings. The Bertz CT molecular complexity index is 1100. The summed E-state index contributed by atoms with van der Waals surface area (Å²) in [5, 5.41) is 13.8. The molecule has 8 nitrogen and oxygen atoms in total. The van der Waals surface area contributed by atoms with Crippen LogP contribution in [0.2, 0.25) is 0 Å². The van der Waals surface area contributed by atoms with Crippen molar-refractivity contribution in [2.45, 2.75) is 12.6 Å². The van der Waals surface area contributed by atoms with Crippen LogP contribution in [0.5, 0.6) is 17.2 Å². The summed E-state index contributed by atoms with van der Waals surface area (Å²) < 4.78 is 16.5. The summed E-state index contributed by atoms with van der Waals surface area (Å²) in [6, 6.07) is 19.3. The summed E-state index contributed by atoms with van der Waals surface area (Å²) in [4.78, 5) is 13.4. The molecule has 0 aromatic heterocycles. The summed E-state index contributed by atoms with van der Waals surface area (Å²) >= 11 is 0. The van der Waals surface area contributed by atoms with Gasteiger partial charge in [-0.05, 0) is 42.0 Å². The van der Waals surface area contributed by atoms with Gasteiger partial charge < -0.3 is 30.6 Å². The zero-order valence-electron chi connectivity index (χ0n) is 18.8. The molecule has 0 saturated heterocycles. The van der Waals surface area contributed by atoms with Crippen LogP contribution in [0.15, 0.2) is 66.7 Å². The number of amidine groups is 1. The molecule has 3 aromatic carbocycles. The van der Waals surface area contributed by atoms with Crippen molar-refractivity contribution in [1.82, 2.24) is 5.32 Å².